The summed E-state index contributed by atoms with van der Waals surface area (Å²) in [5.74, 6) is 0. The van der Waals surface area contributed by atoms with Gasteiger partial charge in [0.05, 0.1) is 4.92 Å². The van der Waals surface area contributed by atoms with E-state index in [1.807, 2.05) is 14.0 Å². The maximum atomic E-state index is 10.8. The Balaban J connectivity index is 2.03. The van der Waals surface area contributed by atoms with E-state index in [2.05, 4.69) is 10.6 Å². The molecule has 0 atom stereocenters. The number of non-ortho nitro benzene ring substituents is 1. The first kappa shape index (κ1) is 13.8. The molecule has 1 aromatic rings. The van der Waals surface area contributed by atoms with Gasteiger partial charge < -0.3 is 10.6 Å². The molecular formula is C14H21N3O2. The van der Waals surface area contributed by atoms with Crippen LogP contribution in [0.2, 0.25) is 0 Å². The number of rotatable bonds is 4. The molecule has 1 aliphatic rings. The highest BCUT2D eigenvalue weighted by molar-refractivity contribution is 5.57. The summed E-state index contributed by atoms with van der Waals surface area (Å²) < 4.78 is 0. The first-order chi connectivity index (χ1) is 9.10. The van der Waals surface area contributed by atoms with Crippen LogP contribution in [0.15, 0.2) is 18.2 Å². The van der Waals surface area contributed by atoms with Crippen LogP contribution in [0.4, 0.5) is 11.4 Å². The van der Waals surface area contributed by atoms with E-state index in [0.29, 0.717) is 12.1 Å². The number of anilines is 1. The lowest BCUT2D eigenvalue weighted by atomic mass is 9.91. The lowest BCUT2D eigenvalue weighted by molar-refractivity contribution is -0.384. The third-order valence-corrected chi connectivity index (χ3v) is 3.93. The minimum atomic E-state index is -0.345. The van der Waals surface area contributed by atoms with Crippen molar-refractivity contribution in [2.75, 3.05) is 12.4 Å². The van der Waals surface area contributed by atoms with Crippen molar-refractivity contribution >= 4 is 11.4 Å². The predicted octanol–water partition coefficient (Wildman–Crippen LogP) is 2.85. The van der Waals surface area contributed by atoms with E-state index in [-0.39, 0.29) is 10.6 Å². The van der Waals surface area contributed by atoms with Gasteiger partial charge in [0, 0.05) is 29.9 Å². The van der Waals surface area contributed by atoms with Crippen LogP contribution in [0.5, 0.6) is 0 Å². The fourth-order valence-electron chi connectivity index (χ4n) is 2.63. The third-order valence-electron chi connectivity index (χ3n) is 3.93. The zero-order chi connectivity index (χ0) is 13.8. The number of nitro groups is 1. The smallest absolute Gasteiger partial charge is 0.271 e. The summed E-state index contributed by atoms with van der Waals surface area (Å²) in [4.78, 5) is 10.5. The summed E-state index contributed by atoms with van der Waals surface area (Å²) in [6, 6.07) is 6.03. The van der Waals surface area contributed by atoms with E-state index in [4.69, 9.17) is 0 Å². The molecule has 19 heavy (non-hydrogen) atoms. The van der Waals surface area contributed by atoms with Crippen molar-refractivity contribution in [3.8, 4) is 0 Å². The van der Waals surface area contributed by atoms with Crippen molar-refractivity contribution in [1.29, 1.82) is 0 Å². The Morgan fingerprint density at radius 2 is 1.84 bits per heavy atom. The molecule has 1 aliphatic carbocycles. The molecular weight excluding hydrogens is 242 g/mol. The Hall–Kier alpha value is -1.62. The molecule has 1 aromatic carbocycles. The Morgan fingerprint density at radius 3 is 2.42 bits per heavy atom. The summed E-state index contributed by atoms with van der Waals surface area (Å²) in [6.45, 7) is 1.98. The second-order valence-corrected chi connectivity index (χ2v) is 5.24. The van der Waals surface area contributed by atoms with Gasteiger partial charge in [-0.25, -0.2) is 0 Å². The Labute approximate surface area is 113 Å². The van der Waals surface area contributed by atoms with Crippen molar-refractivity contribution in [3.63, 3.8) is 0 Å². The average Bonchev–Trinajstić information content (AvgIpc) is 2.42. The topological polar surface area (TPSA) is 67.2 Å². The van der Waals surface area contributed by atoms with Crippen molar-refractivity contribution < 1.29 is 4.92 Å². The van der Waals surface area contributed by atoms with Gasteiger partial charge in [0.15, 0.2) is 0 Å². The van der Waals surface area contributed by atoms with Gasteiger partial charge in [0.1, 0.15) is 0 Å². The van der Waals surface area contributed by atoms with Crippen LogP contribution in [0.3, 0.4) is 0 Å². The number of nitrogens with zero attached hydrogens (tertiary/aromatic N) is 1. The van der Waals surface area contributed by atoms with Crippen molar-refractivity contribution in [2.24, 2.45) is 0 Å². The lowest BCUT2D eigenvalue weighted by Crippen LogP contribution is -2.35. The van der Waals surface area contributed by atoms with Crippen molar-refractivity contribution in [2.45, 2.75) is 44.7 Å². The van der Waals surface area contributed by atoms with E-state index in [1.54, 1.807) is 18.2 Å². The largest absolute Gasteiger partial charge is 0.382 e. The van der Waals surface area contributed by atoms with Gasteiger partial charge in [0.2, 0.25) is 0 Å². The van der Waals surface area contributed by atoms with Crippen LogP contribution in [-0.4, -0.2) is 24.1 Å². The zero-order valence-corrected chi connectivity index (χ0v) is 11.5. The third kappa shape index (κ3) is 3.44. The van der Waals surface area contributed by atoms with Gasteiger partial charge in [-0.3, -0.25) is 10.1 Å². The minimum absolute atomic E-state index is 0.150. The Morgan fingerprint density at radius 1 is 1.21 bits per heavy atom. The maximum absolute atomic E-state index is 10.8. The van der Waals surface area contributed by atoms with Crippen LogP contribution in [0.25, 0.3) is 0 Å². The highest BCUT2D eigenvalue weighted by Gasteiger charge is 2.20. The number of hydrogen-bond donors (Lipinski definition) is 2. The second kappa shape index (κ2) is 6.02. The summed E-state index contributed by atoms with van der Waals surface area (Å²) in [5.41, 5.74) is 2.10. The molecule has 0 amide bonds. The molecule has 104 valence electrons. The normalized spacial score (nSPS) is 23.1. The minimum Gasteiger partial charge on any atom is -0.382 e. The van der Waals surface area contributed by atoms with E-state index in [9.17, 15) is 10.1 Å². The average molecular weight is 263 g/mol. The first-order valence-electron chi connectivity index (χ1n) is 6.79. The van der Waals surface area contributed by atoms with E-state index < -0.39 is 0 Å². The molecule has 1 saturated carbocycles. The summed E-state index contributed by atoms with van der Waals surface area (Å²) in [6.07, 6.45) is 4.52. The molecule has 5 nitrogen and oxygen atoms in total. The lowest BCUT2D eigenvalue weighted by Gasteiger charge is -2.29. The van der Waals surface area contributed by atoms with Crippen LogP contribution in [-0.2, 0) is 0 Å². The zero-order valence-electron chi connectivity index (χ0n) is 11.5. The SMILES string of the molecule is CNC1CCC(Nc2cc([N+](=O)[O-])ccc2C)CC1. The predicted molar refractivity (Wildman–Crippen MR) is 76.6 cm³/mol. The Bertz CT molecular complexity index is 454. The van der Waals surface area contributed by atoms with Gasteiger partial charge in [-0.2, -0.15) is 0 Å². The molecule has 0 aromatic heterocycles. The summed E-state index contributed by atoms with van der Waals surface area (Å²) in [5, 5.41) is 17.6. The van der Waals surface area contributed by atoms with Gasteiger partial charge in [-0.05, 0) is 45.2 Å². The molecule has 2 rings (SSSR count). The first-order valence-corrected chi connectivity index (χ1v) is 6.79. The van der Waals surface area contributed by atoms with Gasteiger partial charge >= 0.3 is 0 Å². The van der Waals surface area contributed by atoms with Gasteiger partial charge in [-0.15, -0.1) is 0 Å². The van der Waals surface area contributed by atoms with Gasteiger partial charge in [0.25, 0.3) is 5.69 Å². The number of aryl methyl sites for hydroxylation is 1. The van der Waals surface area contributed by atoms with E-state index >= 15 is 0 Å². The second-order valence-electron chi connectivity index (χ2n) is 5.24. The highest BCUT2D eigenvalue weighted by Crippen LogP contribution is 2.26. The van der Waals surface area contributed by atoms with Crippen LogP contribution in [0, 0.1) is 17.0 Å². The Kier molecular flexibility index (Phi) is 4.37. The summed E-state index contributed by atoms with van der Waals surface area (Å²) >= 11 is 0. The highest BCUT2D eigenvalue weighted by atomic mass is 16.6. The fraction of sp³-hybridized carbons (Fsp3) is 0.571. The van der Waals surface area contributed by atoms with Crippen molar-refractivity contribution in [1.82, 2.24) is 5.32 Å². The molecule has 0 aliphatic heterocycles. The molecule has 5 heteroatoms. The maximum Gasteiger partial charge on any atom is 0.271 e. The fourth-order valence-corrected chi connectivity index (χ4v) is 2.63. The van der Waals surface area contributed by atoms with E-state index in [0.717, 1.165) is 36.9 Å². The van der Waals surface area contributed by atoms with Gasteiger partial charge in [-0.1, -0.05) is 6.07 Å². The quantitative estimate of drug-likeness (QED) is 0.647. The molecule has 2 N–H and O–H groups in total. The van der Waals surface area contributed by atoms with E-state index in [1.165, 1.54) is 0 Å². The number of nitrogens with one attached hydrogen (secondary N) is 2. The molecule has 0 bridgehead atoms. The van der Waals surface area contributed by atoms with Crippen molar-refractivity contribution in [3.05, 3.63) is 33.9 Å². The summed E-state index contributed by atoms with van der Waals surface area (Å²) in [7, 11) is 2.00. The van der Waals surface area contributed by atoms with Crippen LogP contribution < -0.4 is 10.6 Å². The number of hydrogen-bond acceptors (Lipinski definition) is 4. The molecule has 0 heterocycles. The number of benzene rings is 1. The molecule has 0 spiro atoms. The van der Waals surface area contributed by atoms with Crippen LogP contribution in [0.1, 0.15) is 31.2 Å². The van der Waals surface area contributed by atoms with Crippen LogP contribution >= 0.6 is 0 Å². The molecule has 0 radical (unpaired) electrons. The molecule has 0 saturated heterocycles. The molecule has 1 fully saturated rings. The monoisotopic (exact) mass is 263 g/mol. The standard InChI is InChI=1S/C14H21N3O2/c1-10-3-8-13(17(18)19)9-14(10)16-12-6-4-11(15-2)5-7-12/h3,8-9,11-12,15-16H,4-7H2,1-2H3. The molecule has 0 unspecified atom stereocenters. The number of nitro benzene ring substituents is 1.